The van der Waals surface area contributed by atoms with Crippen molar-refractivity contribution in [2.24, 2.45) is 6.98 Å². The molecular weight excluding hydrogens is 691 g/mol. The third-order valence-electron chi connectivity index (χ3n) is 7.66. The molecule has 4 heterocycles. The van der Waals surface area contributed by atoms with Gasteiger partial charge in [-0.1, -0.05) is 6.07 Å². The van der Waals surface area contributed by atoms with Crippen molar-refractivity contribution in [2.75, 3.05) is 6.61 Å². The predicted octanol–water partition coefficient (Wildman–Crippen LogP) is 7.66. The number of benzene rings is 4. The molecule has 0 N–H and O–H groups in total. The van der Waals surface area contributed by atoms with Gasteiger partial charge in [0.15, 0.2) is 0 Å². The summed E-state index contributed by atoms with van der Waals surface area (Å²) in [4.78, 5) is 4.68. The summed E-state index contributed by atoms with van der Waals surface area (Å²) in [6, 6.07) is 31.7. The molecule has 0 bridgehead atoms. The fourth-order valence-corrected chi connectivity index (χ4v) is 6.67. The molecule has 0 atom stereocenters. The molecule has 0 saturated carbocycles. The van der Waals surface area contributed by atoms with Crippen molar-refractivity contribution in [3.8, 4) is 28.8 Å². The van der Waals surface area contributed by atoms with Crippen molar-refractivity contribution in [2.45, 2.75) is 12.8 Å². The SMILES string of the molecule is [2H]C([2H])([2H])n1[c](=[Pt])n(-c2cccc(Oc3ccc4c5cc6c(cc5n(-c5ccccn5)c4c3)OCCC6)c2)c2ccccc21. The summed E-state index contributed by atoms with van der Waals surface area (Å²) in [5, 5.41) is 2.27. The molecule has 41 heavy (non-hydrogen) atoms. The molecule has 1 aliphatic rings. The van der Waals surface area contributed by atoms with Crippen LogP contribution >= 0.6 is 0 Å². The summed E-state index contributed by atoms with van der Waals surface area (Å²) in [7, 11) is 0. The zero-order chi connectivity index (χ0) is 30.0. The van der Waals surface area contributed by atoms with Gasteiger partial charge in [0.2, 0.25) is 0 Å². The Morgan fingerprint density at radius 3 is 2.54 bits per heavy atom. The Kier molecular flexibility index (Phi) is 5.00. The van der Waals surface area contributed by atoms with Crippen molar-refractivity contribution in [3.63, 3.8) is 0 Å². The monoisotopic (exact) mass is 720 g/mol. The molecule has 0 unspecified atom stereocenters. The van der Waals surface area contributed by atoms with Crippen LogP contribution in [0.15, 0.2) is 103 Å². The van der Waals surface area contributed by atoms with Crippen LogP contribution in [0.4, 0.5) is 0 Å². The number of pyridine rings is 1. The van der Waals surface area contributed by atoms with Crippen LogP contribution in [0.25, 0.3) is 44.3 Å². The van der Waals surface area contributed by atoms with E-state index < -0.39 is 6.98 Å². The fraction of sp³-hybridized carbons (Fsp3) is 0.118. The Bertz CT molecular complexity index is 2290. The molecular formula is C34H26N4O2Pt. The van der Waals surface area contributed by atoms with E-state index >= 15 is 0 Å². The maximum absolute atomic E-state index is 8.14. The molecule has 204 valence electrons. The Balaban J connectivity index is 1.25. The molecule has 0 radical (unpaired) electrons. The quantitative estimate of drug-likeness (QED) is 0.188. The molecule has 0 fully saturated rings. The van der Waals surface area contributed by atoms with Crippen molar-refractivity contribution in [1.82, 2.24) is 18.7 Å². The molecule has 3 aromatic heterocycles. The second kappa shape index (κ2) is 9.60. The second-order valence-electron chi connectivity index (χ2n) is 10.1. The van der Waals surface area contributed by atoms with E-state index in [0.29, 0.717) is 20.8 Å². The Labute approximate surface area is 251 Å². The number of hydrogen-bond acceptors (Lipinski definition) is 3. The van der Waals surface area contributed by atoms with Gasteiger partial charge < -0.3 is 4.74 Å². The Morgan fingerprint density at radius 1 is 0.805 bits per heavy atom. The number of imidazole rings is 1. The van der Waals surface area contributed by atoms with Gasteiger partial charge in [-0.25, -0.2) is 0 Å². The van der Waals surface area contributed by atoms with Gasteiger partial charge in [0.05, 0.1) is 6.61 Å². The van der Waals surface area contributed by atoms with Gasteiger partial charge in [0.1, 0.15) is 5.75 Å². The molecule has 7 heteroatoms. The Hall–Kier alpha value is -4.41. The summed E-state index contributed by atoms with van der Waals surface area (Å²) >= 11 is 2.08. The third-order valence-corrected chi connectivity index (χ3v) is 8.68. The summed E-state index contributed by atoms with van der Waals surface area (Å²) in [5.74, 6) is 3.07. The topological polar surface area (TPSA) is 46.1 Å². The number of nitrogens with zero attached hydrogens (tertiary/aromatic N) is 4. The number of fused-ring (bicyclic) bond motifs is 5. The van der Waals surface area contributed by atoms with E-state index in [4.69, 9.17) is 13.6 Å². The van der Waals surface area contributed by atoms with Gasteiger partial charge in [-0.3, -0.25) is 0 Å². The molecule has 0 saturated heterocycles. The third kappa shape index (κ3) is 3.97. The van der Waals surface area contributed by atoms with Crippen LogP contribution in [0.2, 0.25) is 0 Å². The molecule has 1 aliphatic heterocycles. The van der Waals surface area contributed by atoms with Crippen molar-refractivity contribution < 1.29 is 32.9 Å². The first-order valence-electron chi connectivity index (χ1n) is 15.0. The fourth-order valence-electron chi connectivity index (χ4n) is 5.83. The number of hydrogen-bond donors (Lipinski definition) is 0. The van der Waals surface area contributed by atoms with E-state index in [1.165, 1.54) is 10.1 Å². The molecule has 7 aromatic rings. The van der Waals surface area contributed by atoms with E-state index in [1.807, 2.05) is 83.4 Å². The Morgan fingerprint density at radius 2 is 1.66 bits per heavy atom. The number of aromatic nitrogens is 4. The van der Waals surface area contributed by atoms with E-state index in [0.717, 1.165) is 64.0 Å². The predicted molar refractivity (Wildman–Crippen MR) is 158 cm³/mol. The van der Waals surface area contributed by atoms with Crippen LogP contribution in [0.1, 0.15) is 16.1 Å². The van der Waals surface area contributed by atoms with Gasteiger partial charge in [0.25, 0.3) is 0 Å². The van der Waals surface area contributed by atoms with Gasteiger partial charge >= 0.3 is 198 Å². The van der Waals surface area contributed by atoms with Gasteiger partial charge in [-0.15, -0.1) is 0 Å². The second-order valence-corrected chi connectivity index (χ2v) is 11.1. The number of aryl methyl sites for hydroxylation is 2. The van der Waals surface area contributed by atoms with Crippen LogP contribution < -0.4 is 9.47 Å². The normalized spacial score (nSPS) is 14.4. The van der Waals surface area contributed by atoms with Gasteiger partial charge in [-0.2, -0.15) is 0 Å². The summed E-state index contributed by atoms with van der Waals surface area (Å²) in [6.07, 6.45) is 3.82. The first-order chi connectivity index (χ1) is 21.4. The van der Waals surface area contributed by atoms with E-state index in [-0.39, 0.29) is 0 Å². The standard InChI is InChI=1S/C34H26N4O2.Pt/c1-36-22-37(30-12-3-2-11-29(30)36)24-9-6-10-25(19-24)40-26-14-15-27-28-18-23-8-7-17-39-33(23)21-32(28)38(31(27)20-26)34-13-4-5-16-35-34;/h2-6,9-16,18-21H,7-8,17H2,1H3;/i1D3;. The van der Waals surface area contributed by atoms with Crippen molar-refractivity contribution in [3.05, 3.63) is 113 Å². The minimum atomic E-state index is -2.32. The number of rotatable bonds is 4. The minimum absolute atomic E-state index is 0.580. The maximum atomic E-state index is 8.14. The first-order valence-corrected chi connectivity index (χ1v) is 14.6. The molecule has 6 nitrogen and oxygen atoms in total. The zero-order valence-corrected chi connectivity index (χ0v) is 24.1. The van der Waals surface area contributed by atoms with Crippen molar-refractivity contribution >= 4 is 32.8 Å². The van der Waals surface area contributed by atoms with Crippen LogP contribution in [0.3, 0.4) is 0 Å². The van der Waals surface area contributed by atoms with Crippen LogP contribution in [0, 0.1) is 3.80 Å². The first kappa shape index (κ1) is 21.4. The van der Waals surface area contributed by atoms with Gasteiger partial charge in [0, 0.05) is 6.20 Å². The summed E-state index contributed by atoms with van der Waals surface area (Å²) in [6.45, 7) is -1.59. The number of ether oxygens (including phenoxy) is 2. The average molecular weight is 721 g/mol. The van der Waals surface area contributed by atoms with Crippen LogP contribution in [0.5, 0.6) is 17.2 Å². The number of para-hydroxylation sites is 2. The van der Waals surface area contributed by atoms with E-state index in [1.54, 1.807) is 6.20 Å². The summed E-state index contributed by atoms with van der Waals surface area (Å²) < 4.78 is 43.0. The summed E-state index contributed by atoms with van der Waals surface area (Å²) in [5.41, 5.74) is 5.51. The molecule has 8 rings (SSSR count). The molecule has 0 amide bonds. The molecule has 4 aromatic carbocycles. The van der Waals surface area contributed by atoms with Crippen LogP contribution in [-0.2, 0) is 32.8 Å². The molecule has 0 aliphatic carbocycles. The van der Waals surface area contributed by atoms with Crippen molar-refractivity contribution in [1.29, 1.82) is 0 Å². The zero-order valence-electron chi connectivity index (χ0n) is 24.9. The molecule has 0 spiro atoms. The van der Waals surface area contributed by atoms with E-state index in [2.05, 4.69) is 47.1 Å². The van der Waals surface area contributed by atoms with E-state index in [9.17, 15) is 0 Å². The van der Waals surface area contributed by atoms with Crippen LogP contribution in [-0.4, -0.2) is 25.3 Å². The van der Waals surface area contributed by atoms with Gasteiger partial charge in [-0.05, 0) is 24.5 Å². The average Bonchev–Trinajstić information content (AvgIpc) is 3.51.